The third-order valence-corrected chi connectivity index (χ3v) is 1.93. The van der Waals surface area contributed by atoms with Crippen LogP contribution < -0.4 is 4.74 Å². The number of rotatable bonds is 5. The SMILES string of the molecule is CCOC(=O)OC(C)Oc1ccccc1C(=O)O. The largest absolute Gasteiger partial charge is 0.511 e. The van der Waals surface area contributed by atoms with E-state index in [-0.39, 0.29) is 17.9 Å². The van der Waals surface area contributed by atoms with E-state index in [1.54, 1.807) is 19.1 Å². The summed E-state index contributed by atoms with van der Waals surface area (Å²) in [7, 11) is 0. The molecule has 6 nitrogen and oxygen atoms in total. The van der Waals surface area contributed by atoms with E-state index in [1.807, 2.05) is 0 Å². The standard InChI is InChI=1S/C12H14O6/c1-3-16-12(15)18-8(2)17-10-7-5-4-6-9(10)11(13)14/h4-8H,3H2,1-2H3,(H,13,14). The van der Waals surface area contributed by atoms with Crippen LogP contribution in [0.1, 0.15) is 24.2 Å². The summed E-state index contributed by atoms with van der Waals surface area (Å²) in [6.07, 6.45) is -1.80. The van der Waals surface area contributed by atoms with Gasteiger partial charge in [-0.15, -0.1) is 0 Å². The van der Waals surface area contributed by atoms with Gasteiger partial charge in [-0.3, -0.25) is 0 Å². The van der Waals surface area contributed by atoms with Gasteiger partial charge in [-0.1, -0.05) is 12.1 Å². The van der Waals surface area contributed by atoms with Gasteiger partial charge in [0.05, 0.1) is 6.61 Å². The predicted octanol–water partition coefficient (Wildman–Crippen LogP) is 2.28. The average Bonchev–Trinajstić information content (AvgIpc) is 2.29. The molecule has 0 radical (unpaired) electrons. The Hall–Kier alpha value is -2.24. The Bertz CT molecular complexity index is 428. The highest BCUT2D eigenvalue weighted by Gasteiger charge is 2.16. The summed E-state index contributed by atoms with van der Waals surface area (Å²) in [5.74, 6) is -0.990. The number of carboxylic acid groups (broad SMARTS) is 1. The van der Waals surface area contributed by atoms with Crippen LogP contribution in [0.25, 0.3) is 0 Å². The number of aromatic carboxylic acids is 1. The molecule has 0 spiro atoms. The van der Waals surface area contributed by atoms with Gasteiger partial charge in [0.2, 0.25) is 6.29 Å². The lowest BCUT2D eigenvalue weighted by atomic mass is 10.2. The van der Waals surface area contributed by atoms with Crippen molar-refractivity contribution >= 4 is 12.1 Å². The molecule has 1 aromatic carbocycles. The lowest BCUT2D eigenvalue weighted by Crippen LogP contribution is -2.22. The predicted molar refractivity (Wildman–Crippen MR) is 61.6 cm³/mol. The highest BCUT2D eigenvalue weighted by molar-refractivity contribution is 5.90. The third kappa shape index (κ3) is 3.97. The van der Waals surface area contributed by atoms with Crippen molar-refractivity contribution in [3.05, 3.63) is 29.8 Å². The quantitative estimate of drug-likeness (QED) is 0.641. The first-order chi connectivity index (χ1) is 8.54. The molecule has 6 heteroatoms. The maximum Gasteiger partial charge on any atom is 0.511 e. The zero-order valence-corrected chi connectivity index (χ0v) is 10.1. The molecule has 1 atom stereocenters. The molecular weight excluding hydrogens is 240 g/mol. The van der Waals surface area contributed by atoms with Gasteiger partial charge in [0.1, 0.15) is 11.3 Å². The van der Waals surface area contributed by atoms with Gasteiger partial charge in [0, 0.05) is 6.92 Å². The maximum atomic E-state index is 11.0. The van der Waals surface area contributed by atoms with Gasteiger partial charge in [-0.25, -0.2) is 9.59 Å². The Labute approximate surface area is 104 Å². The topological polar surface area (TPSA) is 82.1 Å². The first-order valence-electron chi connectivity index (χ1n) is 5.37. The van der Waals surface area contributed by atoms with Crippen LogP contribution in [0.5, 0.6) is 5.75 Å². The molecule has 98 valence electrons. The van der Waals surface area contributed by atoms with E-state index in [4.69, 9.17) is 14.6 Å². The van der Waals surface area contributed by atoms with Crippen molar-refractivity contribution in [2.45, 2.75) is 20.1 Å². The van der Waals surface area contributed by atoms with E-state index in [0.717, 1.165) is 0 Å². The molecule has 0 bridgehead atoms. The molecule has 0 fully saturated rings. The van der Waals surface area contributed by atoms with Gasteiger partial charge in [0.25, 0.3) is 0 Å². The minimum Gasteiger partial charge on any atom is -0.478 e. The Morgan fingerprint density at radius 1 is 1.33 bits per heavy atom. The van der Waals surface area contributed by atoms with Crippen LogP contribution in [-0.2, 0) is 9.47 Å². The van der Waals surface area contributed by atoms with Crippen LogP contribution in [0.2, 0.25) is 0 Å². The molecule has 0 heterocycles. The van der Waals surface area contributed by atoms with Crippen molar-refractivity contribution in [1.82, 2.24) is 0 Å². The highest BCUT2D eigenvalue weighted by Crippen LogP contribution is 2.19. The number of hydrogen-bond acceptors (Lipinski definition) is 5. The van der Waals surface area contributed by atoms with Crippen LogP contribution in [0.4, 0.5) is 4.79 Å². The molecule has 0 aromatic heterocycles. The lowest BCUT2D eigenvalue weighted by molar-refractivity contribution is -0.0521. The zero-order valence-electron chi connectivity index (χ0n) is 10.1. The van der Waals surface area contributed by atoms with Crippen LogP contribution in [-0.4, -0.2) is 30.1 Å². The number of benzene rings is 1. The summed E-state index contributed by atoms with van der Waals surface area (Å²) in [5, 5.41) is 8.93. The van der Waals surface area contributed by atoms with E-state index >= 15 is 0 Å². The number of carbonyl (C=O) groups excluding carboxylic acids is 1. The first kappa shape index (κ1) is 13.8. The Balaban J connectivity index is 2.67. The van der Waals surface area contributed by atoms with Crippen LogP contribution in [0.15, 0.2) is 24.3 Å². The minimum atomic E-state index is -1.12. The molecule has 1 unspecified atom stereocenters. The zero-order chi connectivity index (χ0) is 13.5. The lowest BCUT2D eigenvalue weighted by Gasteiger charge is -2.16. The second-order valence-electron chi connectivity index (χ2n) is 3.29. The summed E-state index contributed by atoms with van der Waals surface area (Å²) in [6, 6.07) is 6.08. The van der Waals surface area contributed by atoms with E-state index in [9.17, 15) is 9.59 Å². The number of para-hydroxylation sites is 1. The van der Waals surface area contributed by atoms with Crippen LogP contribution in [0.3, 0.4) is 0 Å². The van der Waals surface area contributed by atoms with Gasteiger partial charge in [-0.2, -0.15) is 0 Å². The molecular formula is C12H14O6. The number of hydrogen-bond donors (Lipinski definition) is 1. The van der Waals surface area contributed by atoms with E-state index in [1.165, 1.54) is 19.1 Å². The highest BCUT2D eigenvalue weighted by atomic mass is 16.8. The smallest absolute Gasteiger partial charge is 0.478 e. The number of ether oxygens (including phenoxy) is 3. The summed E-state index contributed by atoms with van der Waals surface area (Å²) in [4.78, 5) is 21.9. The number of carboxylic acids is 1. The molecule has 0 aliphatic carbocycles. The second-order valence-corrected chi connectivity index (χ2v) is 3.29. The van der Waals surface area contributed by atoms with Gasteiger partial charge >= 0.3 is 12.1 Å². The van der Waals surface area contributed by atoms with Crippen molar-refractivity contribution in [2.75, 3.05) is 6.61 Å². The normalized spacial score (nSPS) is 11.4. The molecule has 0 saturated heterocycles. The molecule has 0 amide bonds. The summed E-state index contributed by atoms with van der Waals surface area (Å²) in [5.41, 5.74) is -0.00295. The molecule has 1 N–H and O–H groups in total. The van der Waals surface area contributed by atoms with Crippen molar-refractivity contribution in [3.8, 4) is 5.75 Å². The number of carbonyl (C=O) groups is 2. The molecule has 1 rings (SSSR count). The minimum absolute atomic E-state index is 0.00295. The molecule has 1 aromatic rings. The third-order valence-electron chi connectivity index (χ3n) is 1.93. The maximum absolute atomic E-state index is 11.0. The summed E-state index contributed by atoms with van der Waals surface area (Å²) < 4.78 is 14.5. The Kier molecular flexibility index (Phi) is 4.98. The van der Waals surface area contributed by atoms with Crippen LogP contribution in [0, 0.1) is 0 Å². The van der Waals surface area contributed by atoms with Crippen molar-refractivity contribution < 1.29 is 28.9 Å². The van der Waals surface area contributed by atoms with Crippen LogP contribution >= 0.6 is 0 Å². The molecule has 0 aliphatic heterocycles. The van der Waals surface area contributed by atoms with E-state index in [2.05, 4.69) is 4.74 Å². The fourth-order valence-corrected chi connectivity index (χ4v) is 1.24. The first-order valence-corrected chi connectivity index (χ1v) is 5.37. The van der Waals surface area contributed by atoms with Gasteiger partial charge in [-0.05, 0) is 19.1 Å². The second kappa shape index (κ2) is 6.48. The monoisotopic (exact) mass is 254 g/mol. The van der Waals surface area contributed by atoms with Crippen molar-refractivity contribution in [1.29, 1.82) is 0 Å². The summed E-state index contributed by atoms with van der Waals surface area (Å²) in [6.45, 7) is 3.30. The van der Waals surface area contributed by atoms with Gasteiger partial charge < -0.3 is 19.3 Å². The van der Waals surface area contributed by atoms with E-state index in [0.29, 0.717) is 0 Å². The molecule has 18 heavy (non-hydrogen) atoms. The summed E-state index contributed by atoms with van der Waals surface area (Å²) >= 11 is 0. The fraction of sp³-hybridized carbons (Fsp3) is 0.333. The van der Waals surface area contributed by atoms with E-state index < -0.39 is 18.4 Å². The Morgan fingerprint density at radius 2 is 2.00 bits per heavy atom. The fourth-order valence-electron chi connectivity index (χ4n) is 1.24. The molecule has 0 saturated carbocycles. The van der Waals surface area contributed by atoms with Crippen molar-refractivity contribution in [2.24, 2.45) is 0 Å². The van der Waals surface area contributed by atoms with Gasteiger partial charge in [0.15, 0.2) is 0 Å². The van der Waals surface area contributed by atoms with Crippen molar-refractivity contribution in [3.63, 3.8) is 0 Å². The Morgan fingerprint density at radius 3 is 2.61 bits per heavy atom. The average molecular weight is 254 g/mol. The molecule has 0 aliphatic rings.